The van der Waals surface area contributed by atoms with Crippen LogP contribution in [0.3, 0.4) is 0 Å². The molecule has 7 nitrogen and oxygen atoms in total. The number of carbonyl (C=O) groups is 2. The molecule has 2 N–H and O–H groups in total. The molecule has 0 fully saturated rings. The van der Waals surface area contributed by atoms with Crippen molar-refractivity contribution in [2.24, 2.45) is 0 Å². The van der Waals surface area contributed by atoms with Crippen LogP contribution in [-0.4, -0.2) is 32.3 Å². The fraction of sp³-hybridized carbons (Fsp3) is 0.118. The Kier molecular flexibility index (Phi) is 5.85. The van der Waals surface area contributed by atoms with Crippen molar-refractivity contribution in [1.82, 2.24) is 20.6 Å². The molecule has 0 aliphatic carbocycles. The van der Waals surface area contributed by atoms with Crippen molar-refractivity contribution in [3.63, 3.8) is 0 Å². The lowest BCUT2D eigenvalue weighted by Gasteiger charge is -2.11. The van der Waals surface area contributed by atoms with Crippen molar-refractivity contribution < 1.29 is 22.8 Å². The third-order valence-electron chi connectivity index (χ3n) is 3.76. The molecule has 2 aromatic carbocycles. The van der Waals surface area contributed by atoms with Crippen LogP contribution in [0.4, 0.5) is 18.9 Å². The zero-order valence-corrected chi connectivity index (χ0v) is 15.7. The van der Waals surface area contributed by atoms with E-state index < -0.39 is 34.9 Å². The number of amides is 1. The Morgan fingerprint density at radius 2 is 1.86 bits per heavy atom. The zero-order chi connectivity index (χ0) is 21.2. The number of anilines is 1. The van der Waals surface area contributed by atoms with E-state index in [0.29, 0.717) is 16.7 Å². The highest BCUT2D eigenvalue weighted by Gasteiger charge is 2.34. The van der Waals surface area contributed by atoms with Gasteiger partial charge in [0.25, 0.3) is 0 Å². The van der Waals surface area contributed by atoms with Crippen LogP contribution in [0.25, 0.3) is 11.4 Å². The molecule has 1 heterocycles. The number of hydrogen-bond donors (Lipinski definition) is 2. The predicted octanol–water partition coefficient (Wildman–Crippen LogP) is 4.40. The van der Waals surface area contributed by atoms with Gasteiger partial charge in [-0.2, -0.15) is 18.4 Å². The van der Waals surface area contributed by atoms with Crippen molar-refractivity contribution >= 4 is 40.6 Å². The molecule has 1 aromatic heterocycles. The highest BCUT2D eigenvalue weighted by Crippen LogP contribution is 2.35. The maximum absolute atomic E-state index is 13.0. The fourth-order valence-corrected chi connectivity index (χ4v) is 2.85. The molecule has 3 rings (SSSR count). The Balaban J connectivity index is 1.79. The summed E-state index contributed by atoms with van der Waals surface area (Å²) in [6.07, 6.45) is -5.42. The molecule has 0 atom stereocenters. The molecule has 12 heteroatoms. The van der Waals surface area contributed by atoms with Crippen LogP contribution in [0, 0.1) is 0 Å². The molecule has 150 valence electrons. The Bertz CT molecular complexity index is 1070. The molecular formula is C17H10Cl2F3N5O2. The van der Waals surface area contributed by atoms with Gasteiger partial charge in [0, 0.05) is 16.1 Å². The van der Waals surface area contributed by atoms with E-state index >= 15 is 0 Å². The number of carbonyl (C=O) groups excluding carboxylic acids is 2. The molecular weight excluding hydrogens is 434 g/mol. The van der Waals surface area contributed by atoms with E-state index in [9.17, 15) is 22.8 Å². The minimum atomic E-state index is -4.73. The number of Topliss-reactive ketones (excluding diaryl/α,β-unsaturated/α-hetero) is 1. The number of benzene rings is 2. The van der Waals surface area contributed by atoms with Gasteiger partial charge >= 0.3 is 6.18 Å². The lowest BCUT2D eigenvalue weighted by atomic mass is 10.0. The van der Waals surface area contributed by atoms with Crippen LogP contribution < -0.4 is 5.32 Å². The average molecular weight is 444 g/mol. The van der Waals surface area contributed by atoms with Gasteiger partial charge in [0.05, 0.1) is 22.7 Å². The topological polar surface area (TPSA) is 101 Å². The van der Waals surface area contributed by atoms with E-state index in [4.69, 9.17) is 23.2 Å². The van der Waals surface area contributed by atoms with Crippen LogP contribution in [0.1, 0.15) is 22.3 Å². The zero-order valence-electron chi connectivity index (χ0n) is 14.2. The smallest absolute Gasteiger partial charge is 0.325 e. The van der Waals surface area contributed by atoms with Crippen molar-refractivity contribution in [1.29, 1.82) is 0 Å². The first-order valence-electron chi connectivity index (χ1n) is 7.88. The van der Waals surface area contributed by atoms with Crippen LogP contribution in [-0.2, 0) is 11.0 Å². The highest BCUT2D eigenvalue weighted by molar-refractivity contribution is 6.31. The summed E-state index contributed by atoms with van der Waals surface area (Å²) in [5.74, 6) is -1.39. The van der Waals surface area contributed by atoms with Gasteiger partial charge in [-0.05, 0) is 41.6 Å². The number of halogens is 5. The summed E-state index contributed by atoms with van der Waals surface area (Å²) in [7, 11) is 0. The SMILES string of the molecule is O=C(CC(=O)c1ccc(Cl)c(C(F)(F)F)c1)Nc1cc(Cl)ccc1-c1nn[nH]n1. The number of aromatic nitrogens is 4. The van der Waals surface area contributed by atoms with Crippen LogP contribution in [0.2, 0.25) is 10.0 Å². The van der Waals surface area contributed by atoms with Crippen LogP contribution >= 0.6 is 23.2 Å². The minimum absolute atomic E-state index is 0.177. The summed E-state index contributed by atoms with van der Waals surface area (Å²) in [6, 6.07) is 7.19. The third-order valence-corrected chi connectivity index (χ3v) is 4.32. The molecule has 0 saturated heterocycles. The fourth-order valence-electron chi connectivity index (χ4n) is 2.45. The van der Waals surface area contributed by atoms with Gasteiger partial charge in [-0.25, -0.2) is 0 Å². The number of hydrogen-bond acceptors (Lipinski definition) is 5. The molecule has 0 saturated carbocycles. The predicted molar refractivity (Wildman–Crippen MR) is 98.7 cm³/mol. The summed E-state index contributed by atoms with van der Waals surface area (Å²) < 4.78 is 38.9. The molecule has 0 aliphatic rings. The van der Waals surface area contributed by atoms with E-state index in [1.807, 2.05) is 0 Å². The lowest BCUT2D eigenvalue weighted by Crippen LogP contribution is -2.18. The normalized spacial score (nSPS) is 11.3. The number of ketones is 1. The highest BCUT2D eigenvalue weighted by atomic mass is 35.5. The molecule has 1 amide bonds. The lowest BCUT2D eigenvalue weighted by molar-refractivity contribution is -0.137. The molecule has 0 radical (unpaired) electrons. The summed E-state index contributed by atoms with van der Waals surface area (Å²) in [4.78, 5) is 24.6. The van der Waals surface area contributed by atoms with Gasteiger partial charge < -0.3 is 5.32 Å². The van der Waals surface area contributed by atoms with E-state index in [0.717, 1.165) is 12.1 Å². The Morgan fingerprint density at radius 3 is 2.52 bits per heavy atom. The second kappa shape index (κ2) is 8.18. The summed E-state index contributed by atoms with van der Waals surface area (Å²) in [5.41, 5.74) is -0.848. The first kappa shape index (κ1) is 20.7. The first-order chi connectivity index (χ1) is 13.6. The number of alkyl halides is 3. The summed E-state index contributed by atoms with van der Waals surface area (Å²) >= 11 is 11.5. The van der Waals surface area contributed by atoms with E-state index in [1.165, 1.54) is 6.07 Å². The number of H-pyrrole nitrogens is 1. The molecule has 0 spiro atoms. The van der Waals surface area contributed by atoms with E-state index in [1.54, 1.807) is 12.1 Å². The van der Waals surface area contributed by atoms with Gasteiger partial charge in [0.15, 0.2) is 5.78 Å². The molecule has 29 heavy (non-hydrogen) atoms. The van der Waals surface area contributed by atoms with Gasteiger partial charge in [-0.3, -0.25) is 9.59 Å². The van der Waals surface area contributed by atoms with Crippen LogP contribution in [0.5, 0.6) is 0 Å². The number of tetrazole rings is 1. The Morgan fingerprint density at radius 1 is 1.10 bits per heavy atom. The molecule has 0 bridgehead atoms. The third kappa shape index (κ3) is 4.90. The summed E-state index contributed by atoms with van der Waals surface area (Å²) in [6.45, 7) is 0. The number of rotatable bonds is 5. The maximum atomic E-state index is 13.0. The second-order valence-electron chi connectivity index (χ2n) is 5.77. The monoisotopic (exact) mass is 443 g/mol. The molecule has 3 aromatic rings. The summed E-state index contributed by atoms with van der Waals surface area (Å²) in [5, 5.41) is 15.5. The van der Waals surface area contributed by atoms with Gasteiger partial charge in [-0.15, -0.1) is 10.2 Å². The van der Waals surface area contributed by atoms with Crippen molar-refractivity contribution in [3.05, 3.63) is 57.6 Å². The Labute approximate surface area is 171 Å². The van der Waals surface area contributed by atoms with E-state index in [2.05, 4.69) is 25.9 Å². The minimum Gasteiger partial charge on any atom is -0.325 e. The standard InChI is InChI=1S/C17H10Cl2F3N5O2/c18-9-2-3-10(16-24-26-27-25-16)13(6-9)23-15(29)7-14(28)8-1-4-12(19)11(5-8)17(20,21)22/h1-6H,7H2,(H,23,29)(H,24,25,26,27). The van der Waals surface area contributed by atoms with E-state index in [-0.39, 0.29) is 17.1 Å². The largest absolute Gasteiger partial charge is 0.417 e. The van der Waals surface area contributed by atoms with Gasteiger partial charge in [-0.1, -0.05) is 23.2 Å². The van der Waals surface area contributed by atoms with Crippen molar-refractivity contribution in [2.75, 3.05) is 5.32 Å². The van der Waals surface area contributed by atoms with Crippen molar-refractivity contribution in [3.8, 4) is 11.4 Å². The maximum Gasteiger partial charge on any atom is 0.417 e. The number of nitrogens with one attached hydrogen (secondary N) is 2. The number of aromatic amines is 1. The second-order valence-corrected chi connectivity index (χ2v) is 6.61. The quantitative estimate of drug-likeness (QED) is 0.449. The van der Waals surface area contributed by atoms with Gasteiger partial charge in [0.2, 0.25) is 11.7 Å². The van der Waals surface area contributed by atoms with Crippen LogP contribution in [0.15, 0.2) is 36.4 Å². The van der Waals surface area contributed by atoms with Gasteiger partial charge in [0.1, 0.15) is 0 Å². The Hall–Kier alpha value is -2.98. The molecule has 0 unspecified atom stereocenters. The first-order valence-corrected chi connectivity index (χ1v) is 8.64. The average Bonchev–Trinajstić information content (AvgIpc) is 3.15. The molecule has 0 aliphatic heterocycles. The van der Waals surface area contributed by atoms with Crippen molar-refractivity contribution in [2.45, 2.75) is 12.6 Å². The number of nitrogens with zero attached hydrogens (tertiary/aromatic N) is 3.